The summed E-state index contributed by atoms with van der Waals surface area (Å²) in [5.41, 5.74) is 2.72. The Hall–Kier alpha value is -1.93. The number of hydrogen-bond acceptors (Lipinski definition) is 8. The minimum Gasteiger partial charge on any atom is -0.466 e. The predicted octanol–water partition coefficient (Wildman–Crippen LogP) is 7.13. The zero-order valence-electron chi connectivity index (χ0n) is 24.8. The number of aliphatic hydroxyl groups excluding tert-OH is 1. The van der Waals surface area contributed by atoms with E-state index >= 15 is 0 Å². The van der Waals surface area contributed by atoms with Crippen molar-refractivity contribution in [2.45, 2.75) is 114 Å². The van der Waals surface area contributed by atoms with Gasteiger partial charge in [-0.1, -0.05) is 13.0 Å². The van der Waals surface area contributed by atoms with E-state index in [1.165, 1.54) is 55.2 Å². The molecule has 6 saturated carbocycles. The van der Waals surface area contributed by atoms with Crippen LogP contribution in [0.2, 0.25) is 0 Å². The summed E-state index contributed by atoms with van der Waals surface area (Å²) < 4.78 is 14.3. The van der Waals surface area contributed by atoms with Crippen LogP contribution in [-0.2, 0) is 20.7 Å². The Labute approximate surface area is 253 Å². The second kappa shape index (κ2) is 11.2. The van der Waals surface area contributed by atoms with Gasteiger partial charge in [-0.15, -0.1) is 4.91 Å². The molecular formula is C34H45NO6S. The summed E-state index contributed by atoms with van der Waals surface area (Å²) in [6.45, 7) is 2.56. The number of aliphatic hydroxyl groups is 1. The summed E-state index contributed by atoms with van der Waals surface area (Å²) in [5, 5.41) is 10.6. The lowest BCUT2D eigenvalue weighted by molar-refractivity contribution is -0.147. The molecule has 7 aliphatic rings. The van der Waals surface area contributed by atoms with E-state index in [9.17, 15) is 19.6 Å². The van der Waals surface area contributed by atoms with E-state index in [0.717, 1.165) is 50.4 Å². The molecule has 0 amide bonds. The number of aryl methyl sites for hydroxylation is 1. The summed E-state index contributed by atoms with van der Waals surface area (Å²) in [6.07, 6.45) is 12.8. The molecule has 0 unspecified atom stereocenters. The molecule has 7 nitrogen and oxygen atoms in total. The topological polar surface area (TPSA) is 102 Å². The van der Waals surface area contributed by atoms with Gasteiger partial charge in [0.05, 0.1) is 30.3 Å². The van der Waals surface area contributed by atoms with E-state index in [1.807, 2.05) is 12.1 Å². The minimum atomic E-state index is -0.424. The maximum absolute atomic E-state index is 12.6. The van der Waals surface area contributed by atoms with Crippen molar-refractivity contribution in [3.8, 4) is 5.75 Å². The summed E-state index contributed by atoms with van der Waals surface area (Å²) in [5.74, 6) is 4.02. The Balaban J connectivity index is 0.892. The number of hydrogen-bond donors (Lipinski definition) is 1. The molecular weight excluding hydrogens is 550 g/mol. The van der Waals surface area contributed by atoms with Crippen LogP contribution in [0.1, 0.15) is 107 Å². The molecule has 0 heterocycles. The highest BCUT2D eigenvalue weighted by atomic mass is 32.2. The van der Waals surface area contributed by atoms with E-state index < -0.39 is 11.9 Å². The van der Waals surface area contributed by atoms with Crippen molar-refractivity contribution >= 4 is 23.9 Å². The second-order valence-corrected chi connectivity index (χ2v) is 15.9. The van der Waals surface area contributed by atoms with E-state index in [2.05, 4.69) is 17.6 Å². The molecule has 1 N–H and O–H groups in total. The van der Waals surface area contributed by atoms with Crippen molar-refractivity contribution < 1.29 is 24.2 Å². The van der Waals surface area contributed by atoms with Gasteiger partial charge in [0.2, 0.25) is 0 Å². The van der Waals surface area contributed by atoms with Gasteiger partial charge in [0, 0.05) is 16.5 Å². The van der Waals surface area contributed by atoms with Crippen LogP contribution in [0.3, 0.4) is 0 Å². The molecule has 0 spiro atoms. The van der Waals surface area contributed by atoms with Crippen LogP contribution < -0.4 is 4.74 Å². The number of carbonyl (C=O) groups is 2. The maximum atomic E-state index is 12.6. The monoisotopic (exact) mass is 595 g/mol. The summed E-state index contributed by atoms with van der Waals surface area (Å²) >= 11 is 1.20. The lowest BCUT2D eigenvalue weighted by Crippen LogP contribution is -2.56. The van der Waals surface area contributed by atoms with Gasteiger partial charge in [0.25, 0.3) is 0 Å². The average molecular weight is 596 g/mol. The van der Waals surface area contributed by atoms with E-state index in [0.29, 0.717) is 41.8 Å². The number of esters is 2. The minimum absolute atomic E-state index is 0.0113. The SMILES string of the molecule is C[C@]12CC[C@@H]3c4ccc(OC(=O)CCC(=O)OCCC5(SN=O)C6CC7CC(C6)CC5C7)cc4CC[C@H]3[C@@H]1CC[C@@H]2O. The zero-order chi connectivity index (χ0) is 29.1. The molecule has 8 heteroatoms. The first kappa shape index (κ1) is 28.8. The average Bonchev–Trinajstić information content (AvgIpc) is 3.28. The number of ether oxygens (including phenoxy) is 2. The molecule has 5 atom stereocenters. The molecule has 1 aromatic rings. The van der Waals surface area contributed by atoms with Crippen LogP contribution in [0.4, 0.5) is 0 Å². The second-order valence-electron chi connectivity index (χ2n) is 14.8. The Morgan fingerprint density at radius 2 is 1.74 bits per heavy atom. The van der Waals surface area contributed by atoms with E-state index in [4.69, 9.17) is 9.47 Å². The van der Waals surface area contributed by atoms with Crippen molar-refractivity contribution in [2.75, 3.05) is 6.61 Å². The van der Waals surface area contributed by atoms with Gasteiger partial charge in [-0.05, 0) is 147 Å². The number of benzene rings is 1. The van der Waals surface area contributed by atoms with Crippen LogP contribution in [0, 0.1) is 45.8 Å². The molecule has 7 aliphatic carbocycles. The van der Waals surface area contributed by atoms with Gasteiger partial charge in [0.15, 0.2) is 0 Å². The summed E-state index contributed by atoms with van der Waals surface area (Å²) in [4.78, 5) is 36.5. The molecule has 1 aromatic carbocycles. The van der Waals surface area contributed by atoms with Crippen LogP contribution in [0.5, 0.6) is 5.75 Å². The molecule has 4 bridgehead atoms. The maximum Gasteiger partial charge on any atom is 0.311 e. The molecule has 0 saturated heterocycles. The smallest absolute Gasteiger partial charge is 0.311 e. The Bertz CT molecular complexity index is 1210. The third-order valence-electron chi connectivity index (χ3n) is 12.9. The Morgan fingerprint density at radius 1 is 1.00 bits per heavy atom. The van der Waals surface area contributed by atoms with Gasteiger partial charge >= 0.3 is 11.9 Å². The molecule has 0 radical (unpaired) electrons. The Kier molecular flexibility index (Phi) is 7.69. The van der Waals surface area contributed by atoms with E-state index in [-0.39, 0.29) is 35.7 Å². The van der Waals surface area contributed by atoms with E-state index in [1.54, 1.807) is 0 Å². The fraction of sp³-hybridized carbons (Fsp3) is 0.765. The van der Waals surface area contributed by atoms with Crippen LogP contribution >= 0.6 is 11.9 Å². The number of fused-ring (bicyclic) bond motifs is 5. The molecule has 42 heavy (non-hydrogen) atoms. The van der Waals surface area contributed by atoms with Crippen molar-refractivity contribution in [3.63, 3.8) is 0 Å². The van der Waals surface area contributed by atoms with Crippen LogP contribution in [-0.4, -0.2) is 34.5 Å². The standard InChI is InChI=1S/C34H45NO6S/c1-33-11-10-27-26-5-3-25(19-22(26)2-4-28(27)29(33)6-7-30(33)36)41-32(38)9-8-31(37)40-13-12-34(42-35-39)23-15-20-14-21(17-23)18-24(34)16-20/h3,5,19-21,23-24,27-30,36H,2,4,6-18H2,1H3/t20?,21?,23?,24?,27-,28-,29+,30+,33+,34?/m1/s1. The zero-order valence-corrected chi connectivity index (χ0v) is 25.6. The summed E-state index contributed by atoms with van der Waals surface area (Å²) in [7, 11) is 0. The van der Waals surface area contributed by atoms with Gasteiger partial charge in [-0.2, -0.15) is 0 Å². The summed E-state index contributed by atoms with van der Waals surface area (Å²) in [6, 6.07) is 6.06. The highest BCUT2D eigenvalue weighted by Crippen LogP contribution is 2.64. The lowest BCUT2D eigenvalue weighted by atomic mass is 9.51. The molecule has 6 fully saturated rings. The quantitative estimate of drug-likeness (QED) is 0.140. The van der Waals surface area contributed by atoms with Gasteiger partial charge in [-0.25, -0.2) is 0 Å². The first-order valence-electron chi connectivity index (χ1n) is 16.5. The largest absolute Gasteiger partial charge is 0.466 e. The highest BCUT2D eigenvalue weighted by molar-refractivity contribution is 7.99. The fourth-order valence-corrected chi connectivity index (χ4v) is 12.0. The van der Waals surface area contributed by atoms with Gasteiger partial charge in [0.1, 0.15) is 5.75 Å². The number of nitrogens with zero attached hydrogens (tertiary/aromatic N) is 1. The van der Waals surface area contributed by atoms with Crippen LogP contribution in [0.15, 0.2) is 22.8 Å². The number of nitroso groups, excluding NO2 is 1. The van der Waals surface area contributed by atoms with Gasteiger partial charge < -0.3 is 14.6 Å². The molecule has 8 rings (SSSR count). The lowest BCUT2D eigenvalue weighted by Gasteiger charge is -2.59. The van der Waals surface area contributed by atoms with Crippen LogP contribution in [0.25, 0.3) is 0 Å². The highest BCUT2D eigenvalue weighted by Gasteiger charge is 2.58. The van der Waals surface area contributed by atoms with Crippen molar-refractivity contribution in [3.05, 3.63) is 34.2 Å². The van der Waals surface area contributed by atoms with Gasteiger partial charge in [-0.3, -0.25) is 9.59 Å². The normalized spacial score (nSPS) is 41.0. The third-order valence-corrected chi connectivity index (χ3v) is 14.2. The molecule has 0 aromatic heterocycles. The number of carbonyl (C=O) groups excluding carboxylic acids is 2. The van der Waals surface area contributed by atoms with Crippen molar-refractivity contribution in [1.29, 1.82) is 0 Å². The van der Waals surface area contributed by atoms with Crippen molar-refractivity contribution in [2.24, 2.45) is 45.5 Å². The first-order valence-corrected chi connectivity index (χ1v) is 17.2. The molecule has 0 aliphatic heterocycles. The molecule has 228 valence electrons. The fourth-order valence-electron chi connectivity index (χ4n) is 11.0. The Morgan fingerprint density at radius 3 is 2.48 bits per heavy atom. The third kappa shape index (κ3) is 4.92. The number of rotatable bonds is 9. The van der Waals surface area contributed by atoms with Crippen molar-refractivity contribution in [1.82, 2.24) is 0 Å². The predicted molar refractivity (Wildman–Crippen MR) is 161 cm³/mol. The first-order chi connectivity index (χ1) is 20.3.